The van der Waals surface area contributed by atoms with Gasteiger partial charge in [0.15, 0.2) is 0 Å². The SMILES string of the molecule is CCc1ccc(S(=O)(=O)N2CCC(C(=O)N3CCCCC3)CC2)s1. The number of sulfonamides is 1. The van der Waals surface area contributed by atoms with E-state index in [1.807, 2.05) is 17.9 Å². The zero-order chi connectivity index (χ0) is 17.2. The third kappa shape index (κ3) is 3.68. The van der Waals surface area contributed by atoms with E-state index in [4.69, 9.17) is 0 Å². The maximum atomic E-state index is 12.7. The highest BCUT2D eigenvalue weighted by atomic mass is 32.2. The minimum Gasteiger partial charge on any atom is -0.342 e. The van der Waals surface area contributed by atoms with Crippen LogP contribution in [0.4, 0.5) is 0 Å². The first-order valence-electron chi connectivity index (χ1n) is 8.90. The van der Waals surface area contributed by atoms with E-state index >= 15 is 0 Å². The Kier molecular flexibility index (Phi) is 5.62. The largest absolute Gasteiger partial charge is 0.342 e. The third-order valence-electron chi connectivity index (χ3n) is 5.05. The molecule has 0 aromatic carbocycles. The summed E-state index contributed by atoms with van der Waals surface area (Å²) >= 11 is 1.36. The van der Waals surface area contributed by atoms with Crippen LogP contribution in [0.5, 0.6) is 0 Å². The van der Waals surface area contributed by atoms with E-state index in [0.717, 1.165) is 37.2 Å². The number of piperidine rings is 2. The normalized spacial score (nSPS) is 21.1. The number of hydrogen-bond acceptors (Lipinski definition) is 4. The molecular weight excluding hydrogens is 344 g/mol. The standard InChI is InChI=1S/C17H26N2O3S2/c1-2-15-6-7-16(23-15)24(21,22)19-12-8-14(9-13-19)17(20)18-10-4-3-5-11-18/h6-7,14H,2-5,8-13H2,1H3. The van der Waals surface area contributed by atoms with E-state index in [0.29, 0.717) is 30.1 Å². The van der Waals surface area contributed by atoms with Crippen molar-refractivity contribution in [2.75, 3.05) is 26.2 Å². The summed E-state index contributed by atoms with van der Waals surface area (Å²) in [4.78, 5) is 15.6. The van der Waals surface area contributed by atoms with E-state index in [2.05, 4.69) is 0 Å². The van der Waals surface area contributed by atoms with E-state index in [1.54, 1.807) is 10.4 Å². The van der Waals surface area contributed by atoms with Crippen molar-refractivity contribution in [2.45, 2.75) is 49.7 Å². The molecule has 0 bridgehead atoms. The summed E-state index contributed by atoms with van der Waals surface area (Å²) in [5, 5.41) is 0. The van der Waals surface area contributed by atoms with Gasteiger partial charge >= 0.3 is 0 Å². The maximum Gasteiger partial charge on any atom is 0.252 e. The van der Waals surface area contributed by atoms with Crippen molar-refractivity contribution in [3.05, 3.63) is 17.0 Å². The molecule has 1 amide bonds. The zero-order valence-electron chi connectivity index (χ0n) is 14.2. The minimum absolute atomic E-state index is 0.0101. The topological polar surface area (TPSA) is 57.7 Å². The Hall–Kier alpha value is -0.920. The fourth-order valence-corrected chi connectivity index (χ4v) is 6.45. The summed E-state index contributed by atoms with van der Waals surface area (Å²) < 4.78 is 27.5. The van der Waals surface area contributed by atoms with Gasteiger partial charge in [-0.2, -0.15) is 4.31 Å². The molecule has 0 unspecified atom stereocenters. The molecule has 24 heavy (non-hydrogen) atoms. The van der Waals surface area contributed by atoms with Crippen LogP contribution in [0.15, 0.2) is 16.3 Å². The Morgan fingerprint density at radius 3 is 2.38 bits per heavy atom. The highest BCUT2D eigenvalue weighted by molar-refractivity contribution is 7.91. The number of carbonyl (C=O) groups excluding carboxylic acids is 1. The number of hydrogen-bond donors (Lipinski definition) is 0. The predicted octanol–water partition coefficient (Wildman–Crippen LogP) is 2.72. The predicted molar refractivity (Wildman–Crippen MR) is 95.6 cm³/mol. The summed E-state index contributed by atoms with van der Waals surface area (Å²) in [6.07, 6.45) is 5.53. The van der Waals surface area contributed by atoms with Crippen LogP contribution in [0.25, 0.3) is 0 Å². The number of nitrogens with zero attached hydrogens (tertiary/aromatic N) is 2. The van der Waals surface area contributed by atoms with Gasteiger partial charge in [-0.1, -0.05) is 6.92 Å². The van der Waals surface area contributed by atoms with Crippen LogP contribution in [0.3, 0.4) is 0 Å². The highest BCUT2D eigenvalue weighted by Crippen LogP contribution is 2.29. The van der Waals surface area contributed by atoms with Gasteiger partial charge in [0.25, 0.3) is 10.0 Å². The summed E-state index contributed by atoms with van der Waals surface area (Å²) in [5.41, 5.74) is 0. The number of likely N-dealkylation sites (tertiary alicyclic amines) is 1. The maximum absolute atomic E-state index is 12.7. The third-order valence-corrected chi connectivity index (χ3v) is 8.65. The first kappa shape index (κ1) is 17.9. The van der Waals surface area contributed by atoms with Gasteiger partial charge in [-0.25, -0.2) is 8.42 Å². The molecule has 3 heterocycles. The molecule has 0 atom stereocenters. The quantitative estimate of drug-likeness (QED) is 0.819. The Balaban J connectivity index is 1.60. The van der Waals surface area contributed by atoms with Crippen molar-refractivity contribution >= 4 is 27.3 Å². The van der Waals surface area contributed by atoms with E-state index in [-0.39, 0.29) is 11.8 Å². The van der Waals surface area contributed by atoms with Crippen molar-refractivity contribution in [3.63, 3.8) is 0 Å². The fraction of sp³-hybridized carbons (Fsp3) is 0.706. The van der Waals surface area contributed by atoms with Gasteiger partial charge in [-0.15, -0.1) is 11.3 Å². The smallest absolute Gasteiger partial charge is 0.252 e. The van der Waals surface area contributed by atoms with Crippen LogP contribution in [0.2, 0.25) is 0 Å². The van der Waals surface area contributed by atoms with E-state index in [9.17, 15) is 13.2 Å². The molecule has 2 fully saturated rings. The van der Waals surface area contributed by atoms with Gasteiger partial charge in [0.2, 0.25) is 5.91 Å². The molecule has 1 aromatic rings. The first-order chi connectivity index (χ1) is 11.5. The summed E-state index contributed by atoms with van der Waals surface area (Å²) in [6.45, 7) is 4.66. The Bertz CT molecular complexity index is 670. The lowest BCUT2D eigenvalue weighted by Crippen LogP contribution is -2.45. The lowest BCUT2D eigenvalue weighted by atomic mass is 9.95. The van der Waals surface area contributed by atoms with Gasteiger partial charge < -0.3 is 4.90 Å². The molecule has 0 spiro atoms. The number of carbonyl (C=O) groups is 1. The molecule has 2 saturated heterocycles. The number of rotatable bonds is 4. The van der Waals surface area contributed by atoms with Gasteiger partial charge in [-0.05, 0) is 50.7 Å². The second-order valence-electron chi connectivity index (χ2n) is 6.64. The van der Waals surface area contributed by atoms with Crippen LogP contribution in [0, 0.1) is 5.92 Å². The lowest BCUT2D eigenvalue weighted by molar-refractivity contribution is -0.137. The molecule has 1 aromatic heterocycles. The molecule has 5 nitrogen and oxygen atoms in total. The summed E-state index contributed by atoms with van der Waals surface area (Å²) in [6, 6.07) is 3.61. The molecule has 0 saturated carbocycles. The van der Waals surface area contributed by atoms with Crippen molar-refractivity contribution in [3.8, 4) is 0 Å². The zero-order valence-corrected chi connectivity index (χ0v) is 15.9. The molecule has 3 rings (SSSR count). The summed E-state index contributed by atoms with van der Waals surface area (Å²) in [7, 11) is -3.40. The summed E-state index contributed by atoms with van der Waals surface area (Å²) in [5.74, 6) is 0.222. The highest BCUT2D eigenvalue weighted by Gasteiger charge is 2.34. The first-order valence-corrected chi connectivity index (χ1v) is 11.2. The lowest BCUT2D eigenvalue weighted by Gasteiger charge is -2.34. The number of thiophene rings is 1. The van der Waals surface area contributed by atoms with Crippen molar-refractivity contribution < 1.29 is 13.2 Å². The van der Waals surface area contributed by atoms with Gasteiger partial charge in [0, 0.05) is 37.0 Å². The van der Waals surface area contributed by atoms with E-state index < -0.39 is 10.0 Å². The van der Waals surface area contributed by atoms with Crippen LogP contribution < -0.4 is 0 Å². The van der Waals surface area contributed by atoms with Crippen LogP contribution in [-0.4, -0.2) is 49.7 Å². The molecule has 0 N–H and O–H groups in total. The van der Waals surface area contributed by atoms with Crippen molar-refractivity contribution in [1.29, 1.82) is 0 Å². The molecule has 0 aliphatic carbocycles. The van der Waals surface area contributed by atoms with Gasteiger partial charge in [0.05, 0.1) is 0 Å². The Labute approximate surface area is 148 Å². The van der Waals surface area contributed by atoms with Crippen LogP contribution in [-0.2, 0) is 21.2 Å². The van der Waals surface area contributed by atoms with Crippen LogP contribution in [0.1, 0.15) is 43.9 Å². The average molecular weight is 371 g/mol. The minimum atomic E-state index is -3.40. The molecule has 2 aliphatic rings. The molecule has 0 radical (unpaired) electrons. The number of amides is 1. The average Bonchev–Trinajstić information content (AvgIpc) is 3.12. The number of aryl methyl sites for hydroxylation is 1. The molecule has 2 aliphatic heterocycles. The second-order valence-corrected chi connectivity index (χ2v) is 9.97. The second kappa shape index (κ2) is 7.54. The Morgan fingerprint density at radius 2 is 1.79 bits per heavy atom. The Morgan fingerprint density at radius 1 is 1.12 bits per heavy atom. The van der Waals surface area contributed by atoms with E-state index in [1.165, 1.54) is 17.8 Å². The van der Waals surface area contributed by atoms with Crippen molar-refractivity contribution in [2.24, 2.45) is 5.92 Å². The molecule has 7 heteroatoms. The van der Waals surface area contributed by atoms with Gasteiger partial charge in [0.1, 0.15) is 4.21 Å². The van der Waals surface area contributed by atoms with Crippen molar-refractivity contribution in [1.82, 2.24) is 9.21 Å². The van der Waals surface area contributed by atoms with Gasteiger partial charge in [-0.3, -0.25) is 4.79 Å². The molecular formula is C17H26N2O3S2. The molecule has 134 valence electrons. The monoisotopic (exact) mass is 370 g/mol. The fourth-order valence-electron chi connectivity index (χ4n) is 3.53. The van der Waals surface area contributed by atoms with Crippen LogP contribution >= 0.6 is 11.3 Å².